The molecule has 1 aliphatic carbocycles. The van der Waals surface area contributed by atoms with Crippen LogP contribution in [0.3, 0.4) is 0 Å². The maximum Gasteiger partial charge on any atom is 0.391 e. The van der Waals surface area contributed by atoms with Crippen molar-refractivity contribution in [1.29, 1.82) is 0 Å². The highest BCUT2D eigenvalue weighted by Gasteiger charge is 2.42. The lowest BCUT2D eigenvalue weighted by Gasteiger charge is -2.34. The molecule has 6 nitrogen and oxygen atoms in total. The summed E-state index contributed by atoms with van der Waals surface area (Å²) in [6.45, 7) is 4.71. The molecule has 0 unspecified atom stereocenters. The zero-order valence-corrected chi connectivity index (χ0v) is 23.2. The molecule has 2 aromatic rings. The second kappa shape index (κ2) is 12.0. The number of carbonyl (C=O) groups excluding carboxylic acids is 1. The number of halogens is 3. The first-order valence-corrected chi connectivity index (χ1v) is 15.3. The van der Waals surface area contributed by atoms with E-state index in [1.54, 1.807) is 25.1 Å². The lowest BCUT2D eigenvalue weighted by molar-refractivity contribution is -0.184. The van der Waals surface area contributed by atoms with Gasteiger partial charge in [-0.2, -0.15) is 13.2 Å². The normalized spacial score (nSPS) is 22.9. The predicted molar refractivity (Wildman–Crippen MR) is 143 cm³/mol. The number of nitrogens with zero attached hydrogens (tertiary/aromatic N) is 1. The van der Waals surface area contributed by atoms with Crippen molar-refractivity contribution < 1.29 is 31.5 Å². The van der Waals surface area contributed by atoms with Crippen LogP contribution >= 0.6 is 0 Å². The zero-order valence-electron chi connectivity index (χ0n) is 22.4. The SMILES string of the molecule is CC[C@H]1c2ccc(C(=O)N[C@@H](CO)c3ccc(S(=O)(=O)CC)cc3)cc2CN1CC1CCC(C(F)(F)F)CC1. The highest BCUT2D eigenvalue weighted by Crippen LogP contribution is 2.42. The summed E-state index contributed by atoms with van der Waals surface area (Å²) >= 11 is 0. The summed E-state index contributed by atoms with van der Waals surface area (Å²) in [6, 6.07) is 11.2. The first kappa shape index (κ1) is 29.6. The van der Waals surface area contributed by atoms with Gasteiger partial charge in [0.1, 0.15) is 0 Å². The van der Waals surface area contributed by atoms with E-state index in [0.29, 0.717) is 30.5 Å². The van der Waals surface area contributed by atoms with E-state index >= 15 is 0 Å². The minimum atomic E-state index is -4.11. The second-order valence-corrected chi connectivity index (χ2v) is 13.0. The van der Waals surface area contributed by atoms with Gasteiger partial charge in [-0.15, -0.1) is 0 Å². The Morgan fingerprint density at radius 2 is 1.74 bits per heavy atom. The van der Waals surface area contributed by atoms with Gasteiger partial charge in [-0.1, -0.05) is 32.0 Å². The van der Waals surface area contributed by atoms with Gasteiger partial charge in [-0.05, 0) is 79.0 Å². The van der Waals surface area contributed by atoms with Gasteiger partial charge in [-0.25, -0.2) is 8.42 Å². The molecular weight excluding hydrogens is 529 g/mol. The highest BCUT2D eigenvalue weighted by molar-refractivity contribution is 7.91. The summed E-state index contributed by atoms with van der Waals surface area (Å²) in [6.07, 6.45) is -1.69. The number of aliphatic hydroxyl groups is 1. The van der Waals surface area contributed by atoms with Crippen LogP contribution in [-0.4, -0.2) is 49.4 Å². The van der Waals surface area contributed by atoms with E-state index in [1.165, 1.54) is 12.1 Å². The average Bonchev–Trinajstić information content (AvgIpc) is 3.27. The van der Waals surface area contributed by atoms with E-state index in [1.807, 2.05) is 12.1 Å². The molecule has 1 heterocycles. The summed E-state index contributed by atoms with van der Waals surface area (Å²) in [4.78, 5) is 15.6. The third kappa shape index (κ3) is 6.66. The van der Waals surface area contributed by atoms with Gasteiger partial charge in [0.25, 0.3) is 5.91 Å². The predicted octanol–water partition coefficient (Wildman–Crippen LogP) is 5.58. The monoisotopic (exact) mass is 566 g/mol. The molecule has 0 spiro atoms. The molecule has 1 fully saturated rings. The third-order valence-corrected chi connectivity index (χ3v) is 10.0. The Morgan fingerprint density at radius 1 is 1.08 bits per heavy atom. The lowest BCUT2D eigenvalue weighted by Crippen LogP contribution is -2.33. The molecular formula is C29H37F3N2O4S. The number of benzene rings is 2. The minimum Gasteiger partial charge on any atom is -0.394 e. The quantitative estimate of drug-likeness (QED) is 0.414. The van der Waals surface area contributed by atoms with Gasteiger partial charge in [0, 0.05) is 24.7 Å². The number of sulfone groups is 1. The van der Waals surface area contributed by atoms with Gasteiger partial charge in [0.05, 0.1) is 29.2 Å². The Balaban J connectivity index is 1.41. The van der Waals surface area contributed by atoms with Crippen molar-refractivity contribution in [2.75, 3.05) is 18.9 Å². The largest absolute Gasteiger partial charge is 0.394 e. The van der Waals surface area contributed by atoms with E-state index in [9.17, 15) is 31.5 Å². The Labute approximate surface area is 228 Å². The number of aliphatic hydroxyl groups excluding tert-OH is 1. The van der Waals surface area contributed by atoms with Crippen LogP contribution in [0.2, 0.25) is 0 Å². The van der Waals surface area contributed by atoms with Crippen molar-refractivity contribution in [3.8, 4) is 0 Å². The molecule has 1 amide bonds. The first-order valence-electron chi connectivity index (χ1n) is 13.6. The number of rotatable bonds is 9. The first-order chi connectivity index (χ1) is 18.5. The van der Waals surface area contributed by atoms with Gasteiger partial charge in [0.2, 0.25) is 0 Å². The van der Waals surface area contributed by atoms with E-state index in [-0.39, 0.29) is 48.0 Å². The summed E-state index contributed by atoms with van der Waals surface area (Å²) < 4.78 is 63.3. The topological polar surface area (TPSA) is 86.7 Å². The molecule has 0 bridgehead atoms. The number of amides is 1. The number of nitrogens with one attached hydrogen (secondary N) is 1. The van der Waals surface area contributed by atoms with Crippen LogP contribution in [0.4, 0.5) is 13.2 Å². The molecule has 2 aliphatic rings. The fraction of sp³-hybridized carbons (Fsp3) is 0.552. The molecule has 2 atom stereocenters. The van der Waals surface area contributed by atoms with Crippen LogP contribution in [0.5, 0.6) is 0 Å². The molecule has 1 aliphatic heterocycles. The maximum absolute atomic E-state index is 13.1. The average molecular weight is 567 g/mol. The third-order valence-electron chi connectivity index (χ3n) is 8.28. The minimum absolute atomic E-state index is 0.0136. The molecule has 2 aromatic carbocycles. The van der Waals surface area contributed by atoms with E-state index in [0.717, 1.165) is 24.1 Å². The van der Waals surface area contributed by atoms with Crippen LogP contribution in [0.15, 0.2) is 47.4 Å². The fourth-order valence-corrected chi connectivity index (χ4v) is 6.84. The zero-order chi connectivity index (χ0) is 28.4. The van der Waals surface area contributed by atoms with Gasteiger partial charge < -0.3 is 10.4 Å². The van der Waals surface area contributed by atoms with Crippen LogP contribution in [0.25, 0.3) is 0 Å². The van der Waals surface area contributed by atoms with Crippen LogP contribution < -0.4 is 5.32 Å². The van der Waals surface area contributed by atoms with Gasteiger partial charge in [0.15, 0.2) is 9.84 Å². The van der Waals surface area contributed by atoms with Gasteiger partial charge in [-0.3, -0.25) is 9.69 Å². The molecule has 214 valence electrons. The molecule has 10 heteroatoms. The molecule has 2 N–H and O–H groups in total. The molecule has 1 saturated carbocycles. The molecule has 0 saturated heterocycles. The Morgan fingerprint density at radius 3 is 2.31 bits per heavy atom. The summed E-state index contributed by atoms with van der Waals surface area (Å²) in [5, 5.41) is 12.8. The summed E-state index contributed by atoms with van der Waals surface area (Å²) in [7, 11) is -3.35. The molecule has 0 radical (unpaired) electrons. The molecule has 4 rings (SSSR count). The van der Waals surface area contributed by atoms with Crippen LogP contribution in [0, 0.1) is 11.8 Å². The van der Waals surface area contributed by atoms with E-state index in [2.05, 4.69) is 17.1 Å². The lowest BCUT2D eigenvalue weighted by atomic mass is 9.81. The van der Waals surface area contributed by atoms with E-state index in [4.69, 9.17) is 0 Å². The highest BCUT2D eigenvalue weighted by atomic mass is 32.2. The number of alkyl halides is 3. The van der Waals surface area contributed by atoms with E-state index < -0.39 is 28.0 Å². The fourth-order valence-electron chi connectivity index (χ4n) is 5.96. The second-order valence-electron chi connectivity index (χ2n) is 10.7. The van der Waals surface area contributed by atoms with Crippen molar-refractivity contribution in [3.63, 3.8) is 0 Å². The Hall–Kier alpha value is -2.43. The Bertz CT molecular complexity index is 1260. The molecule has 0 aromatic heterocycles. The number of hydrogen-bond donors (Lipinski definition) is 2. The maximum atomic E-state index is 13.1. The van der Waals surface area contributed by atoms with Gasteiger partial charge >= 0.3 is 6.18 Å². The smallest absolute Gasteiger partial charge is 0.391 e. The number of carbonyl (C=O) groups is 1. The number of fused-ring (bicyclic) bond motifs is 1. The summed E-state index contributed by atoms with van der Waals surface area (Å²) in [5.41, 5.74) is 3.23. The number of hydrogen-bond acceptors (Lipinski definition) is 5. The van der Waals surface area contributed by atoms with Crippen LogP contribution in [0.1, 0.15) is 85.1 Å². The Kier molecular flexibility index (Phi) is 9.08. The van der Waals surface area contributed by atoms with Crippen molar-refractivity contribution in [1.82, 2.24) is 10.2 Å². The summed E-state index contributed by atoms with van der Waals surface area (Å²) in [5.74, 6) is -1.31. The van der Waals surface area contributed by atoms with Crippen molar-refractivity contribution in [2.45, 2.75) is 75.7 Å². The standard InChI is InChI=1S/C29H37F3N2O4S/c1-3-27-25-14-9-21(15-22(25)17-34(27)16-19-5-10-23(11-6-19)29(30,31)32)28(36)33-26(18-35)20-7-12-24(13-8-20)39(37,38)4-2/h7-9,12-15,19,23,26-27,35H,3-6,10-11,16-18H2,1-2H3,(H,33,36)/t19?,23?,26-,27-/m0/s1. The molecule has 39 heavy (non-hydrogen) atoms. The van der Waals surface area contributed by atoms with Crippen molar-refractivity contribution in [3.05, 3.63) is 64.7 Å². The van der Waals surface area contributed by atoms with Crippen molar-refractivity contribution in [2.24, 2.45) is 11.8 Å². The van der Waals surface area contributed by atoms with Crippen LogP contribution in [-0.2, 0) is 16.4 Å². The van der Waals surface area contributed by atoms with Crippen molar-refractivity contribution >= 4 is 15.7 Å².